The third-order valence-corrected chi connectivity index (χ3v) is 3.69. The van der Waals surface area contributed by atoms with E-state index in [0.29, 0.717) is 5.56 Å². The van der Waals surface area contributed by atoms with Gasteiger partial charge in [0, 0.05) is 36.1 Å². The van der Waals surface area contributed by atoms with Gasteiger partial charge in [-0.1, -0.05) is 12.1 Å². The lowest BCUT2D eigenvalue weighted by molar-refractivity contribution is 0.0953. The first-order valence-corrected chi connectivity index (χ1v) is 6.75. The van der Waals surface area contributed by atoms with Crippen molar-refractivity contribution >= 4 is 27.5 Å². The van der Waals surface area contributed by atoms with E-state index in [0.717, 1.165) is 36.1 Å². The molecule has 0 spiro atoms. The first kappa shape index (κ1) is 13.2. The summed E-state index contributed by atoms with van der Waals surface area (Å²) in [5.74, 6) is -0.172. The van der Waals surface area contributed by atoms with Crippen LogP contribution in [0.15, 0.2) is 33.8 Å². The summed E-state index contributed by atoms with van der Waals surface area (Å²) >= 11 is 3.35. The van der Waals surface area contributed by atoms with E-state index >= 15 is 0 Å². The summed E-state index contributed by atoms with van der Waals surface area (Å²) in [4.78, 5) is 14.2. The maximum atomic E-state index is 11.9. The van der Waals surface area contributed by atoms with E-state index in [4.69, 9.17) is 0 Å². The lowest BCUT2D eigenvalue weighted by atomic mass is 10.1. The van der Waals surface area contributed by atoms with Crippen LogP contribution in [0.3, 0.4) is 0 Å². The Hall–Kier alpha value is -1.20. The van der Waals surface area contributed by atoms with Gasteiger partial charge < -0.3 is 4.90 Å². The van der Waals surface area contributed by atoms with Gasteiger partial charge in [-0.2, -0.15) is 5.10 Å². The van der Waals surface area contributed by atoms with Gasteiger partial charge >= 0.3 is 0 Å². The lowest BCUT2D eigenvalue weighted by Crippen LogP contribution is -2.32. The second kappa shape index (κ2) is 6.11. The van der Waals surface area contributed by atoms with Gasteiger partial charge in [0.2, 0.25) is 0 Å². The van der Waals surface area contributed by atoms with E-state index in [1.165, 1.54) is 0 Å². The lowest BCUT2D eigenvalue weighted by Gasteiger charge is -2.22. The second-order valence-electron chi connectivity index (χ2n) is 4.40. The number of piperidine rings is 1. The SMILES string of the molecule is CN1CCC(=NNC(=O)c2ccccc2Br)CC1. The number of benzene rings is 1. The van der Waals surface area contributed by atoms with Crippen molar-refractivity contribution in [1.29, 1.82) is 0 Å². The van der Waals surface area contributed by atoms with Gasteiger partial charge in [-0.05, 0) is 35.1 Å². The first-order valence-electron chi connectivity index (χ1n) is 5.95. The Morgan fingerprint density at radius 3 is 2.67 bits per heavy atom. The largest absolute Gasteiger partial charge is 0.306 e. The molecule has 1 aromatic carbocycles. The van der Waals surface area contributed by atoms with Crippen LogP contribution in [0.4, 0.5) is 0 Å². The number of carbonyl (C=O) groups is 1. The quantitative estimate of drug-likeness (QED) is 0.852. The molecule has 1 aliphatic rings. The van der Waals surface area contributed by atoms with Crippen molar-refractivity contribution in [2.75, 3.05) is 20.1 Å². The van der Waals surface area contributed by atoms with Crippen molar-refractivity contribution in [2.24, 2.45) is 5.10 Å². The summed E-state index contributed by atoms with van der Waals surface area (Å²) in [7, 11) is 2.09. The maximum Gasteiger partial charge on any atom is 0.272 e. The minimum atomic E-state index is -0.172. The Kier molecular flexibility index (Phi) is 4.49. The summed E-state index contributed by atoms with van der Waals surface area (Å²) in [5, 5.41) is 4.20. The number of hydrogen-bond donors (Lipinski definition) is 1. The molecule has 1 saturated heterocycles. The fourth-order valence-corrected chi connectivity index (χ4v) is 2.29. The Balaban J connectivity index is 1.96. The number of halogens is 1. The molecule has 0 aromatic heterocycles. The van der Waals surface area contributed by atoms with Crippen LogP contribution < -0.4 is 5.43 Å². The van der Waals surface area contributed by atoms with Crippen LogP contribution in [-0.4, -0.2) is 36.7 Å². The van der Waals surface area contributed by atoms with Crippen LogP contribution in [0.2, 0.25) is 0 Å². The minimum absolute atomic E-state index is 0.172. The van der Waals surface area contributed by atoms with Crippen LogP contribution >= 0.6 is 15.9 Å². The molecular weight excluding hydrogens is 294 g/mol. The number of rotatable bonds is 2. The zero-order valence-electron chi connectivity index (χ0n) is 10.3. The van der Waals surface area contributed by atoms with Gasteiger partial charge in [0.25, 0.3) is 5.91 Å². The molecule has 0 aliphatic carbocycles. The molecule has 1 aromatic rings. The number of hydrazone groups is 1. The molecule has 0 saturated carbocycles. The van der Waals surface area contributed by atoms with Crippen molar-refractivity contribution < 1.29 is 4.79 Å². The molecule has 5 heteroatoms. The highest BCUT2D eigenvalue weighted by Crippen LogP contribution is 2.15. The van der Waals surface area contributed by atoms with E-state index in [1.807, 2.05) is 18.2 Å². The van der Waals surface area contributed by atoms with E-state index in [-0.39, 0.29) is 5.91 Å². The molecule has 0 unspecified atom stereocenters. The normalized spacial score (nSPS) is 16.4. The van der Waals surface area contributed by atoms with Crippen molar-refractivity contribution in [3.05, 3.63) is 34.3 Å². The Bertz CT molecular complexity index is 463. The molecule has 0 bridgehead atoms. The maximum absolute atomic E-state index is 11.9. The molecule has 0 radical (unpaired) electrons. The second-order valence-corrected chi connectivity index (χ2v) is 5.26. The molecule has 4 nitrogen and oxygen atoms in total. The summed E-state index contributed by atoms with van der Waals surface area (Å²) in [6.07, 6.45) is 1.85. The zero-order chi connectivity index (χ0) is 13.0. The molecule has 1 N–H and O–H groups in total. The Morgan fingerprint density at radius 2 is 2.00 bits per heavy atom. The average Bonchev–Trinajstić information content (AvgIpc) is 2.38. The van der Waals surface area contributed by atoms with Crippen molar-refractivity contribution in [3.63, 3.8) is 0 Å². The van der Waals surface area contributed by atoms with E-state index < -0.39 is 0 Å². The van der Waals surface area contributed by atoms with Crippen LogP contribution in [0.5, 0.6) is 0 Å². The molecular formula is C13H16BrN3O. The fourth-order valence-electron chi connectivity index (χ4n) is 1.82. The summed E-state index contributed by atoms with van der Waals surface area (Å²) in [6, 6.07) is 7.33. The van der Waals surface area contributed by atoms with Gasteiger partial charge in [0.15, 0.2) is 0 Å². The summed E-state index contributed by atoms with van der Waals surface area (Å²) in [6.45, 7) is 2.01. The predicted octanol–water partition coefficient (Wildman–Crippen LogP) is 2.26. The Labute approximate surface area is 115 Å². The van der Waals surface area contributed by atoms with Crippen LogP contribution in [-0.2, 0) is 0 Å². The highest BCUT2D eigenvalue weighted by atomic mass is 79.9. The van der Waals surface area contributed by atoms with Crippen molar-refractivity contribution in [1.82, 2.24) is 10.3 Å². The number of amides is 1. The fraction of sp³-hybridized carbons (Fsp3) is 0.385. The molecule has 1 amide bonds. The van der Waals surface area contributed by atoms with Crippen LogP contribution in [0.25, 0.3) is 0 Å². The van der Waals surface area contributed by atoms with E-state index in [2.05, 4.69) is 38.4 Å². The number of carbonyl (C=O) groups excluding carboxylic acids is 1. The van der Waals surface area contributed by atoms with Gasteiger partial charge in [-0.15, -0.1) is 0 Å². The van der Waals surface area contributed by atoms with Crippen LogP contribution in [0.1, 0.15) is 23.2 Å². The molecule has 2 rings (SSSR count). The summed E-state index contributed by atoms with van der Waals surface area (Å²) in [5.41, 5.74) is 4.29. The van der Waals surface area contributed by atoms with Gasteiger partial charge in [-0.3, -0.25) is 4.79 Å². The predicted molar refractivity (Wildman–Crippen MR) is 75.8 cm³/mol. The number of nitrogens with one attached hydrogen (secondary N) is 1. The summed E-state index contributed by atoms with van der Waals surface area (Å²) < 4.78 is 0.783. The smallest absolute Gasteiger partial charge is 0.272 e. The topological polar surface area (TPSA) is 44.7 Å². The minimum Gasteiger partial charge on any atom is -0.306 e. The van der Waals surface area contributed by atoms with Crippen molar-refractivity contribution in [3.8, 4) is 0 Å². The third-order valence-electron chi connectivity index (χ3n) is 3.00. The number of nitrogens with zero attached hydrogens (tertiary/aromatic N) is 2. The van der Waals surface area contributed by atoms with Gasteiger partial charge in [-0.25, -0.2) is 5.43 Å². The Morgan fingerprint density at radius 1 is 1.33 bits per heavy atom. The monoisotopic (exact) mass is 309 g/mol. The highest BCUT2D eigenvalue weighted by Gasteiger charge is 2.12. The average molecular weight is 310 g/mol. The van der Waals surface area contributed by atoms with E-state index in [1.54, 1.807) is 6.07 Å². The molecule has 1 fully saturated rings. The molecule has 18 heavy (non-hydrogen) atoms. The molecule has 0 atom stereocenters. The third kappa shape index (κ3) is 3.40. The zero-order valence-corrected chi connectivity index (χ0v) is 11.9. The van der Waals surface area contributed by atoms with E-state index in [9.17, 15) is 4.79 Å². The van der Waals surface area contributed by atoms with Crippen molar-refractivity contribution in [2.45, 2.75) is 12.8 Å². The standard InChI is InChI=1S/C13H16BrN3O/c1-17-8-6-10(7-9-17)15-16-13(18)11-4-2-3-5-12(11)14/h2-5H,6-9H2,1H3,(H,16,18). The molecule has 1 heterocycles. The first-order chi connectivity index (χ1) is 8.66. The number of likely N-dealkylation sites (tertiary alicyclic amines) is 1. The molecule has 96 valence electrons. The van der Waals surface area contributed by atoms with Gasteiger partial charge in [0.05, 0.1) is 5.56 Å². The van der Waals surface area contributed by atoms with Crippen LogP contribution in [0, 0.1) is 0 Å². The molecule has 1 aliphatic heterocycles. The van der Waals surface area contributed by atoms with Gasteiger partial charge in [0.1, 0.15) is 0 Å². The highest BCUT2D eigenvalue weighted by molar-refractivity contribution is 9.10. The number of hydrogen-bond acceptors (Lipinski definition) is 3.